The lowest BCUT2D eigenvalue weighted by molar-refractivity contribution is 0.301. The molecule has 0 radical (unpaired) electrons. The molecule has 0 spiro atoms. The number of sulfonamides is 1. The standard InChI is InChI=1S/C16H17BrFN5O6S/c17-11-9-10(4-5-12(11)18)23-15(22-28-16(23)25)14-13(20-29-21-14)3-1-2-8-30(26,27)19-6-7-24/h4-5,9,19,24H,1-3,6-8H2. The van der Waals surface area contributed by atoms with E-state index < -0.39 is 21.6 Å². The Hall–Kier alpha value is -2.42. The van der Waals surface area contributed by atoms with Crippen molar-refractivity contribution >= 4 is 26.0 Å². The topological polar surface area (TPSA) is 153 Å². The van der Waals surface area contributed by atoms with Gasteiger partial charge in [-0.2, -0.15) is 0 Å². The first-order chi connectivity index (χ1) is 14.3. The van der Waals surface area contributed by atoms with Gasteiger partial charge in [0, 0.05) is 6.54 Å². The zero-order valence-electron chi connectivity index (χ0n) is 15.4. The van der Waals surface area contributed by atoms with Crippen LogP contribution in [0.2, 0.25) is 0 Å². The van der Waals surface area contributed by atoms with Crippen LogP contribution in [0.15, 0.2) is 36.6 Å². The van der Waals surface area contributed by atoms with Gasteiger partial charge in [-0.15, -0.1) is 0 Å². The van der Waals surface area contributed by atoms with Crippen molar-refractivity contribution in [1.82, 2.24) is 24.8 Å². The lowest BCUT2D eigenvalue weighted by Crippen LogP contribution is -2.29. The van der Waals surface area contributed by atoms with Gasteiger partial charge in [-0.3, -0.25) is 4.52 Å². The predicted molar refractivity (Wildman–Crippen MR) is 105 cm³/mol. The van der Waals surface area contributed by atoms with Gasteiger partial charge in [-0.1, -0.05) is 10.3 Å². The number of hydrogen-bond acceptors (Lipinski definition) is 9. The maximum Gasteiger partial charge on any atom is 0.446 e. The number of rotatable bonds is 10. The Morgan fingerprint density at radius 1 is 1.23 bits per heavy atom. The van der Waals surface area contributed by atoms with Gasteiger partial charge in [0.05, 0.1) is 22.5 Å². The van der Waals surface area contributed by atoms with Gasteiger partial charge in [0.1, 0.15) is 11.5 Å². The molecule has 14 heteroatoms. The molecule has 2 heterocycles. The highest BCUT2D eigenvalue weighted by Gasteiger charge is 2.23. The Kier molecular flexibility index (Phi) is 7.12. The van der Waals surface area contributed by atoms with Crippen LogP contribution in [0.5, 0.6) is 0 Å². The minimum Gasteiger partial charge on any atom is -0.395 e. The summed E-state index contributed by atoms with van der Waals surface area (Å²) in [7, 11) is -3.47. The number of hydrogen-bond donors (Lipinski definition) is 2. The first-order valence-electron chi connectivity index (χ1n) is 8.76. The molecule has 0 unspecified atom stereocenters. The second-order valence-corrected chi connectivity index (χ2v) is 8.94. The molecule has 0 bridgehead atoms. The van der Waals surface area contributed by atoms with E-state index >= 15 is 0 Å². The maximum absolute atomic E-state index is 13.5. The zero-order valence-corrected chi connectivity index (χ0v) is 17.8. The lowest BCUT2D eigenvalue weighted by atomic mass is 10.1. The van der Waals surface area contributed by atoms with E-state index in [1.807, 2.05) is 0 Å². The second kappa shape index (κ2) is 9.59. The van der Waals surface area contributed by atoms with E-state index in [2.05, 4.69) is 36.1 Å². The molecule has 3 aromatic rings. The van der Waals surface area contributed by atoms with Gasteiger partial charge in [-0.05, 0) is 58.5 Å². The van der Waals surface area contributed by atoms with E-state index in [0.717, 1.165) is 4.57 Å². The average molecular weight is 506 g/mol. The Morgan fingerprint density at radius 2 is 2.03 bits per heavy atom. The van der Waals surface area contributed by atoms with Gasteiger partial charge in [0.2, 0.25) is 15.8 Å². The van der Waals surface area contributed by atoms with E-state index in [4.69, 9.17) is 14.3 Å². The van der Waals surface area contributed by atoms with Gasteiger partial charge >= 0.3 is 5.76 Å². The Balaban J connectivity index is 1.76. The third-order valence-electron chi connectivity index (χ3n) is 4.04. The number of halogens is 2. The lowest BCUT2D eigenvalue weighted by Gasteiger charge is -2.05. The molecule has 0 amide bonds. The molecular formula is C16H17BrFN5O6S. The van der Waals surface area contributed by atoms with Crippen LogP contribution in [0.3, 0.4) is 0 Å². The van der Waals surface area contributed by atoms with Crippen molar-refractivity contribution in [1.29, 1.82) is 0 Å². The van der Waals surface area contributed by atoms with Crippen LogP contribution < -0.4 is 10.5 Å². The fourth-order valence-corrected chi connectivity index (χ4v) is 4.15. The summed E-state index contributed by atoms with van der Waals surface area (Å²) in [5, 5.41) is 20.0. The number of aliphatic hydroxyl groups is 1. The van der Waals surface area contributed by atoms with E-state index in [0.29, 0.717) is 30.6 Å². The smallest absolute Gasteiger partial charge is 0.395 e. The Morgan fingerprint density at radius 3 is 2.77 bits per heavy atom. The molecule has 0 saturated carbocycles. The van der Waals surface area contributed by atoms with E-state index in [1.165, 1.54) is 18.2 Å². The number of aromatic nitrogens is 4. The Labute approximate surface area is 178 Å². The molecule has 1 aromatic carbocycles. The van der Waals surface area contributed by atoms with Crippen molar-refractivity contribution in [3.63, 3.8) is 0 Å². The SMILES string of the molecule is O=c1onc(-c2nonc2CCCCS(=O)(=O)NCCO)n1-c1ccc(F)c(Br)c1. The van der Waals surface area contributed by atoms with E-state index in [9.17, 15) is 17.6 Å². The highest BCUT2D eigenvalue weighted by Crippen LogP contribution is 2.24. The second-order valence-electron chi connectivity index (χ2n) is 6.16. The first-order valence-corrected chi connectivity index (χ1v) is 11.2. The van der Waals surface area contributed by atoms with Gasteiger partial charge in [0.15, 0.2) is 5.69 Å². The molecule has 0 aliphatic rings. The molecule has 0 saturated heterocycles. The molecule has 2 N–H and O–H groups in total. The quantitative estimate of drug-likeness (QED) is 0.384. The van der Waals surface area contributed by atoms with Crippen LogP contribution in [-0.2, 0) is 16.4 Å². The normalized spacial score (nSPS) is 11.8. The van der Waals surface area contributed by atoms with Crippen LogP contribution in [0.4, 0.5) is 4.39 Å². The highest BCUT2D eigenvalue weighted by molar-refractivity contribution is 9.10. The molecule has 3 rings (SSSR count). The summed E-state index contributed by atoms with van der Waals surface area (Å²) in [6, 6.07) is 3.93. The third-order valence-corrected chi connectivity index (χ3v) is 6.12. The van der Waals surface area contributed by atoms with Crippen molar-refractivity contribution < 1.29 is 27.1 Å². The molecule has 162 valence electrons. The highest BCUT2D eigenvalue weighted by atomic mass is 79.9. The van der Waals surface area contributed by atoms with Crippen LogP contribution in [0.1, 0.15) is 18.5 Å². The minimum absolute atomic E-state index is 0.0204. The van der Waals surface area contributed by atoms with Crippen molar-refractivity contribution in [2.75, 3.05) is 18.9 Å². The fraction of sp³-hybridized carbons (Fsp3) is 0.375. The van der Waals surface area contributed by atoms with E-state index in [-0.39, 0.29) is 34.9 Å². The maximum atomic E-state index is 13.5. The van der Waals surface area contributed by atoms with Crippen LogP contribution in [-0.4, -0.2) is 52.5 Å². The number of aliphatic hydroxyl groups excluding tert-OH is 1. The number of benzene rings is 1. The molecule has 30 heavy (non-hydrogen) atoms. The summed E-state index contributed by atoms with van der Waals surface area (Å²) >= 11 is 3.06. The molecule has 2 aromatic heterocycles. The Bertz CT molecular complexity index is 1180. The summed E-state index contributed by atoms with van der Waals surface area (Å²) in [5.41, 5.74) is 0.807. The molecular weight excluding hydrogens is 489 g/mol. The summed E-state index contributed by atoms with van der Waals surface area (Å²) in [6.07, 6.45) is 1.07. The fourth-order valence-electron chi connectivity index (χ4n) is 2.65. The summed E-state index contributed by atoms with van der Waals surface area (Å²) < 4.78 is 50.0. The number of nitrogens with one attached hydrogen (secondary N) is 1. The van der Waals surface area contributed by atoms with Crippen LogP contribution in [0, 0.1) is 5.82 Å². The first kappa shape index (κ1) is 22.3. The van der Waals surface area contributed by atoms with Gasteiger partial charge in [-0.25, -0.2) is 31.5 Å². The van der Waals surface area contributed by atoms with Crippen molar-refractivity contribution in [2.45, 2.75) is 19.3 Å². The van der Waals surface area contributed by atoms with Crippen molar-refractivity contribution in [3.8, 4) is 17.2 Å². The molecule has 0 aliphatic heterocycles. The number of aryl methyl sites for hydroxylation is 1. The van der Waals surface area contributed by atoms with Gasteiger partial charge in [0.25, 0.3) is 0 Å². The predicted octanol–water partition coefficient (Wildman–Crippen LogP) is 1.01. The average Bonchev–Trinajstić information content (AvgIpc) is 3.32. The largest absolute Gasteiger partial charge is 0.446 e. The number of unbranched alkanes of at least 4 members (excludes halogenated alkanes) is 1. The summed E-state index contributed by atoms with van der Waals surface area (Å²) in [4.78, 5) is 12.2. The van der Waals surface area contributed by atoms with Crippen LogP contribution in [0.25, 0.3) is 17.2 Å². The zero-order chi connectivity index (χ0) is 21.7. The summed E-state index contributed by atoms with van der Waals surface area (Å²) in [6.45, 7) is -0.319. The summed E-state index contributed by atoms with van der Waals surface area (Å²) in [5.74, 6) is -1.41. The molecule has 0 fully saturated rings. The van der Waals surface area contributed by atoms with Crippen LogP contribution >= 0.6 is 15.9 Å². The molecule has 0 aliphatic carbocycles. The minimum atomic E-state index is -3.47. The van der Waals surface area contributed by atoms with Gasteiger partial charge < -0.3 is 5.11 Å². The number of nitrogens with zero attached hydrogens (tertiary/aromatic N) is 4. The molecule has 0 atom stereocenters. The van der Waals surface area contributed by atoms with Crippen molar-refractivity contribution in [3.05, 3.63) is 44.7 Å². The van der Waals surface area contributed by atoms with E-state index in [1.54, 1.807) is 0 Å². The van der Waals surface area contributed by atoms with Crippen molar-refractivity contribution in [2.24, 2.45) is 0 Å². The monoisotopic (exact) mass is 505 g/mol. The third kappa shape index (κ3) is 5.19. The molecule has 11 nitrogen and oxygen atoms in total.